The summed E-state index contributed by atoms with van der Waals surface area (Å²) in [5.41, 5.74) is 3.65. The molecule has 0 bridgehead atoms. The fourth-order valence-electron chi connectivity index (χ4n) is 3.38. The van der Waals surface area contributed by atoms with Crippen molar-refractivity contribution >= 4 is 44.9 Å². The summed E-state index contributed by atoms with van der Waals surface area (Å²) in [6, 6.07) is 19.6. The number of fused-ring (bicyclic) bond motifs is 1. The molecule has 34 heavy (non-hydrogen) atoms. The second-order valence-electron chi connectivity index (χ2n) is 7.62. The Morgan fingerprint density at radius 1 is 1.12 bits per heavy atom. The number of carbonyl (C=O) groups is 1. The topological polar surface area (TPSA) is 112 Å². The highest BCUT2D eigenvalue weighted by atomic mass is 32.2. The quantitative estimate of drug-likeness (QED) is 0.259. The number of nitrogens with zero attached hydrogens (tertiary/aromatic N) is 5. The highest BCUT2D eigenvalue weighted by molar-refractivity contribution is 8.00. The first-order chi connectivity index (χ1) is 16.6. The van der Waals surface area contributed by atoms with E-state index in [0.29, 0.717) is 11.0 Å². The van der Waals surface area contributed by atoms with Crippen LogP contribution in [0.3, 0.4) is 0 Å². The molecule has 0 aliphatic heterocycles. The van der Waals surface area contributed by atoms with Gasteiger partial charge in [0.05, 0.1) is 20.5 Å². The second-order valence-corrected chi connectivity index (χ2v) is 10.0. The maximum atomic E-state index is 12.7. The van der Waals surface area contributed by atoms with Gasteiger partial charge in [-0.25, -0.2) is 9.66 Å². The van der Waals surface area contributed by atoms with Crippen LogP contribution in [0, 0.1) is 0 Å². The molecule has 0 aliphatic rings. The molecule has 2 aromatic carbocycles. The molecule has 3 N–H and O–H groups in total. The molecule has 10 heteroatoms. The van der Waals surface area contributed by atoms with E-state index >= 15 is 0 Å². The molecule has 3 heterocycles. The van der Waals surface area contributed by atoms with Crippen LogP contribution < -0.4 is 11.2 Å². The molecule has 0 saturated carbocycles. The van der Waals surface area contributed by atoms with Crippen LogP contribution in [0.2, 0.25) is 0 Å². The van der Waals surface area contributed by atoms with E-state index < -0.39 is 5.25 Å². The summed E-state index contributed by atoms with van der Waals surface area (Å²) in [6.45, 7) is 1.81. The number of amides is 1. The Kier molecular flexibility index (Phi) is 6.24. The third-order valence-corrected chi connectivity index (χ3v) is 7.24. The molecular weight excluding hydrogens is 466 g/mol. The Morgan fingerprint density at radius 2 is 1.94 bits per heavy atom. The van der Waals surface area contributed by atoms with Gasteiger partial charge >= 0.3 is 0 Å². The minimum Gasteiger partial charge on any atom is -0.335 e. The van der Waals surface area contributed by atoms with Crippen LogP contribution in [0.15, 0.2) is 78.2 Å². The molecule has 5 aromatic rings. The molecule has 8 nitrogen and oxygen atoms in total. The van der Waals surface area contributed by atoms with E-state index in [1.165, 1.54) is 21.1 Å². The Morgan fingerprint density at radius 3 is 2.71 bits per heavy atom. The lowest BCUT2D eigenvalue weighted by Crippen LogP contribution is -2.23. The van der Waals surface area contributed by atoms with E-state index in [-0.39, 0.29) is 5.91 Å². The van der Waals surface area contributed by atoms with Crippen molar-refractivity contribution in [2.45, 2.75) is 23.8 Å². The number of benzene rings is 2. The van der Waals surface area contributed by atoms with Gasteiger partial charge in [-0.3, -0.25) is 9.78 Å². The molecule has 1 amide bonds. The Hall–Kier alpha value is -3.76. The van der Waals surface area contributed by atoms with Gasteiger partial charge in [0.1, 0.15) is 0 Å². The lowest BCUT2D eigenvalue weighted by Gasteiger charge is -2.12. The second kappa shape index (κ2) is 9.62. The minimum atomic E-state index is -0.421. The van der Waals surface area contributed by atoms with Crippen LogP contribution >= 0.6 is 23.1 Å². The number of hydrogen-bond donors (Lipinski definition) is 2. The van der Waals surface area contributed by atoms with Crippen LogP contribution in [0.4, 0.5) is 5.69 Å². The standard InChI is InChI=1S/C24H21N7OS2/c1-15(33-24-30-29-22(31(24)25)17-5-4-12-26-14-17)23(32)27-18-10-8-16(9-11-18)13-21-28-19-6-2-3-7-20(19)34-21/h2-12,14-15H,13,25H2,1H3,(H,27,32)/t15-/m1/s1. The van der Waals surface area contributed by atoms with Crippen LogP contribution in [-0.4, -0.2) is 36.0 Å². The molecular formula is C24H21N7OS2. The maximum absolute atomic E-state index is 12.7. The Balaban J connectivity index is 1.20. The van der Waals surface area contributed by atoms with Crippen molar-refractivity contribution in [1.82, 2.24) is 24.8 Å². The van der Waals surface area contributed by atoms with Crippen molar-refractivity contribution < 1.29 is 4.79 Å². The zero-order valence-electron chi connectivity index (χ0n) is 18.3. The van der Waals surface area contributed by atoms with Crippen LogP contribution in [-0.2, 0) is 11.2 Å². The summed E-state index contributed by atoms with van der Waals surface area (Å²) in [4.78, 5) is 21.5. The fraction of sp³-hybridized carbons (Fsp3) is 0.125. The molecule has 5 rings (SSSR count). The molecule has 0 fully saturated rings. The van der Waals surface area contributed by atoms with E-state index in [1.54, 1.807) is 36.7 Å². The van der Waals surface area contributed by atoms with Crippen molar-refractivity contribution in [3.63, 3.8) is 0 Å². The number of carbonyl (C=O) groups excluding carboxylic acids is 1. The van der Waals surface area contributed by atoms with Crippen LogP contribution in [0.5, 0.6) is 0 Å². The van der Waals surface area contributed by atoms with Gasteiger partial charge in [0.25, 0.3) is 0 Å². The van der Waals surface area contributed by atoms with Gasteiger partial charge in [-0.1, -0.05) is 36.0 Å². The van der Waals surface area contributed by atoms with Gasteiger partial charge in [0.15, 0.2) is 5.82 Å². The third kappa shape index (κ3) is 4.78. The van der Waals surface area contributed by atoms with E-state index in [0.717, 1.165) is 33.8 Å². The molecule has 0 aliphatic carbocycles. The van der Waals surface area contributed by atoms with Crippen molar-refractivity contribution in [3.8, 4) is 11.4 Å². The number of rotatable bonds is 7. The van der Waals surface area contributed by atoms with Crippen LogP contribution in [0.1, 0.15) is 17.5 Å². The van der Waals surface area contributed by atoms with Crippen LogP contribution in [0.25, 0.3) is 21.6 Å². The minimum absolute atomic E-state index is 0.144. The highest BCUT2D eigenvalue weighted by Crippen LogP contribution is 2.26. The summed E-state index contributed by atoms with van der Waals surface area (Å²) in [7, 11) is 0. The number of pyridine rings is 1. The lowest BCUT2D eigenvalue weighted by atomic mass is 10.1. The monoisotopic (exact) mass is 487 g/mol. The van der Waals surface area contributed by atoms with E-state index in [1.807, 2.05) is 48.5 Å². The molecule has 3 aromatic heterocycles. The van der Waals surface area contributed by atoms with Gasteiger partial charge in [-0.2, -0.15) is 0 Å². The normalized spacial score (nSPS) is 12.0. The summed E-state index contributed by atoms with van der Waals surface area (Å²) in [5, 5.41) is 12.3. The van der Waals surface area contributed by atoms with E-state index in [9.17, 15) is 4.79 Å². The van der Waals surface area contributed by atoms with Gasteiger partial charge in [0, 0.05) is 30.1 Å². The molecule has 0 radical (unpaired) electrons. The number of anilines is 1. The largest absolute Gasteiger partial charge is 0.335 e. The van der Waals surface area contributed by atoms with Gasteiger partial charge in [-0.05, 0) is 48.9 Å². The summed E-state index contributed by atoms with van der Waals surface area (Å²) >= 11 is 2.95. The SMILES string of the molecule is C[C@@H](Sc1nnc(-c2cccnc2)n1N)C(=O)Nc1ccc(Cc2nc3ccccc3s2)cc1. The molecule has 1 atom stereocenters. The Labute approximate surface area is 204 Å². The van der Waals surface area contributed by atoms with E-state index in [2.05, 4.69) is 31.5 Å². The smallest absolute Gasteiger partial charge is 0.237 e. The predicted molar refractivity (Wildman–Crippen MR) is 136 cm³/mol. The number of para-hydroxylation sites is 1. The summed E-state index contributed by atoms with van der Waals surface area (Å²) in [5.74, 6) is 6.50. The molecule has 170 valence electrons. The number of nitrogens with two attached hydrogens (primary N) is 1. The van der Waals surface area contributed by atoms with Gasteiger partial charge in [0.2, 0.25) is 11.1 Å². The number of thioether (sulfide) groups is 1. The fourth-order valence-corrected chi connectivity index (χ4v) is 5.15. The first-order valence-corrected chi connectivity index (χ1v) is 12.3. The lowest BCUT2D eigenvalue weighted by molar-refractivity contribution is -0.115. The van der Waals surface area contributed by atoms with Crippen molar-refractivity contribution in [1.29, 1.82) is 0 Å². The molecule has 0 spiro atoms. The predicted octanol–water partition coefficient (Wildman–Crippen LogP) is 4.37. The molecule has 0 unspecified atom stereocenters. The number of nitrogens with one attached hydrogen (secondary N) is 1. The number of aromatic nitrogens is 5. The maximum Gasteiger partial charge on any atom is 0.237 e. The zero-order valence-corrected chi connectivity index (χ0v) is 19.9. The van der Waals surface area contributed by atoms with Crippen molar-refractivity contribution in [2.75, 3.05) is 11.2 Å². The molecule has 0 saturated heterocycles. The average Bonchev–Trinajstić information content (AvgIpc) is 3.43. The van der Waals surface area contributed by atoms with E-state index in [4.69, 9.17) is 5.84 Å². The van der Waals surface area contributed by atoms with Gasteiger partial charge in [-0.15, -0.1) is 21.5 Å². The highest BCUT2D eigenvalue weighted by Gasteiger charge is 2.20. The first kappa shape index (κ1) is 22.1. The number of nitrogen functional groups attached to an aromatic ring is 1. The zero-order chi connectivity index (χ0) is 23.5. The summed E-state index contributed by atoms with van der Waals surface area (Å²) in [6.07, 6.45) is 4.10. The third-order valence-electron chi connectivity index (χ3n) is 5.15. The summed E-state index contributed by atoms with van der Waals surface area (Å²) < 4.78 is 2.57. The number of hydrogen-bond acceptors (Lipinski definition) is 8. The first-order valence-electron chi connectivity index (χ1n) is 10.6. The average molecular weight is 488 g/mol. The van der Waals surface area contributed by atoms with Crippen molar-refractivity contribution in [2.24, 2.45) is 0 Å². The Bertz CT molecular complexity index is 1400. The number of thiazole rings is 1. The van der Waals surface area contributed by atoms with Gasteiger partial charge < -0.3 is 11.2 Å². The van der Waals surface area contributed by atoms with Crippen molar-refractivity contribution in [3.05, 3.63) is 83.6 Å².